The van der Waals surface area contributed by atoms with Gasteiger partial charge in [-0.05, 0) is 67.8 Å². The molecule has 4 aromatic rings. The summed E-state index contributed by atoms with van der Waals surface area (Å²) in [5, 5.41) is 20.8. The molecule has 1 aromatic heterocycles. The smallest absolute Gasteiger partial charge is 0.216 e. The molecule has 0 amide bonds. The maximum absolute atomic E-state index is 9.26. The molecule has 0 unspecified atom stereocenters. The zero-order valence-electron chi connectivity index (χ0n) is 16.5. The molecule has 0 aliphatic rings. The third-order valence-corrected chi connectivity index (χ3v) is 5.98. The molecule has 0 spiro atoms. The van der Waals surface area contributed by atoms with E-state index in [4.69, 9.17) is 17.0 Å². The fraction of sp³-hybridized carbons (Fsp3) is 0.0435. The van der Waals surface area contributed by atoms with Crippen LogP contribution in [0.25, 0.3) is 11.4 Å². The fourth-order valence-corrected chi connectivity index (χ4v) is 4.62. The van der Waals surface area contributed by atoms with Gasteiger partial charge in [0.2, 0.25) is 4.77 Å². The average Bonchev–Trinajstić information content (AvgIpc) is 3.18. The number of nitrogens with zero attached hydrogens (tertiary/aromatic N) is 4. The topological polar surface area (TPSA) is 79.0 Å². The highest BCUT2D eigenvalue weighted by molar-refractivity contribution is 9.11. The SMILES string of the molecule is N#Cc1ccccc1COc1c(Br)cc(/C=N/n2c(-c3ccccc3)n[nH]c2=S)cc1Br. The predicted molar refractivity (Wildman–Crippen MR) is 133 cm³/mol. The zero-order chi connectivity index (χ0) is 22.5. The van der Waals surface area contributed by atoms with E-state index >= 15 is 0 Å². The standard InChI is InChI=1S/C23H15Br2N5OS/c24-19-10-15(11-20(25)21(19)31-14-18-9-5-4-8-17(18)12-26)13-27-30-22(28-29-23(30)32)16-6-2-1-3-7-16/h1-11,13H,14H2,(H,29,32)/b27-13+. The highest BCUT2D eigenvalue weighted by Gasteiger charge is 2.11. The second-order valence-corrected chi connectivity index (χ2v) is 8.74. The second-order valence-electron chi connectivity index (χ2n) is 6.65. The van der Waals surface area contributed by atoms with Gasteiger partial charge in [0.15, 0.2) is 5.82 Å². The quantitative estimate of drug-likeness (QED) is 0.214. The first-order chi connectivity index (χ1) is 15.6. The lowest BCUT2D eigenvalue weighted by atomic mass is 10.1. The molecular formula is C23H15Br2N5OS. The molecular weight excluding hydrogens is 554 g/mol. The summed E-state index contributed by atoms with van der Waals surface area (Å²) in [5.41, 5.74) is 3.15. The number of aromatic nitrogens is 3. The summed E-state index contributed by atoms with van der Waals surface area (Å²) in [6.07, 6.45) is 1.70. The first kappa shape index (κ1) is 22.1. The molecule has 32 heavy (non-hydrogen) atoms. The van der Waals surface area contributed by atoms with E-state index in [2.05, 4.69) is 53.2 Å². The number of ether oxygens (including phenoxy) is 1. The summed E-state index contributed by atoms with van der Waals surface area (Å²) in [7, 11) is 0. The van der Waals surface area contributed by atoms with Crippen molar-refractivity contribution in [3.63, 3.8) is 0 Å². The average molecular weight is 569 g/mol. The third-order valence-electron chi connectivity index (χ3n) is 4.54. The maximum atomic E-state index is 9.26. The van der Waals surface area contributed by atoms with Crippen molar-refractivity contribution < 1.29 is 4.74 Å². The van der Waals surface area contributed by atoms with Crippen LogP contribution in [0.4, 0.5) is 0 Å². The van der Waals surface area contributed by atoms with E-state index in [1.165, 1.54) is 0 Å². The summed E-state index contributed by atoms with van der Waals surface area (Å²) in [6.45, 7) is 0.277. The van der Waals surface area contributed by atoms with Gasteiger partial charge in [-0.25, -0.2) is 5.10 Å². The molecule has 0 aliphatic carbocycles. The van der Waals surface area contributed by atoms with Crippen LogP contribution in [-0.2, 0) is 6.61 Å². The summed E-state index contributed by atoms with van der Waals surface area (Å²) >= 11 is 12.5. The van der Waals surface area contributed by atoms with Gasteiger partial charge >= 0.3 is 0 Å². The molecule has 1 heterocycles. The van der Waals surface area contributed by atoms with E-state index in [1.54, 1.807) is 17.0 Å². The highest BCUT2D eigenvalue weighted by atomic mass is 79.9. The predicted octanol–water partition coefficient (Wildman–Crippen LogP) is 6.47. The molecule has 6 nitrogen and oxygen atoms in total. The number of H-pyrrole nitrogens is 1. The van der Waals surface area contributed by atoms with Gasteiger partial charge in [0.05, 0.1) is 26.8 Å². The van der Waals surface area contributed by atoms with Gasteiger partial charge in [0, 0.05) is 11.1 Å². The van der Waals surface area contributed by atoms with E-state index in [0.717, 1.165) is 25.6 Å². The number of aromatic amines is 1. The molecule has 158 valence electrons. The molecule has 3 aromatic carbocycles. The minimum Gasteiger partial charge on any atom is -0.486 e. The molecule has 0 saturated carbocycles. The normalized spacial score (nSPS) is 10.9. The van der Waals surface area contributed by atoms with Gasteiger partial charge < -0.3 is 4.74 Å². The summed E-state index contributed by atoms with van der Waals surface area (Å²) in [6, 6.07) is 23.0. The Kier molecular flexibility index (Phi) is 6.95. The van der Waals surface area contributed by atoms with E-state index in [9.17, 15) is 5.26 Å². The molecule has 1 N–H and O–H groups in total. The Bertz CT molecular complexity index is 1370. The summed E-state index contributed by atoms with van der Waals surface area (Å²) in [4.78, 5) is 0. The van der Waals surface area contributed by atoms with Gasteiger partial charge in [-0.2, -0.15) is 20.1 Å². The number of halogens is 2. The number of nitrogens with one attached hydrogen (secondary N) is 1. The van der Waals surface area contributed by atoms with E-state index in [0.29, 0.717) is 21.9 Å². The highest BCUT2D eigenvalue weighted by Crippen LogP contribution is 2.35. The molecule has 0 radical (unpaired) electrons. The van der Waals surface area contributed by atoms with Crippen LogP contribution in [-0.4, -0.2) is 21.1 Å². The van der Waals surface area contributed by atoms with Crippen molar-refractivity contribution in [2.45, 2.75) is 6.61 Å². The number of hydrogen-bond donors (Lipinski definition) is 1. The Morgan fingerprint density at radius 2 is 1.78 bits per heavy atom. The first-order valence-corrected chi connectivity index (χ1v) is 11.4. The molecule has 0 fully saturated rings. The molecule has 9 heteroatoms. The molecule has 0 atom stereocenters. The fourth-order valence-electron chi connectivity index (χ4n) is 2.99. The summed E-state index contributed by atoms with van der Waals surface area (Å²) < 4.78 is 9.45. The minimum absolute atomic E-state index is 0.277. The molecule has 0 bridgehead atoms. The van der Waals surface area contributed by atoms with E-state index < -0.39 is 0 Å². The van der Waals surface area contributed by atoms with Gasteiger partial charge in [-0.1, -0.05) is 48.5 Å². The first-order valence-electron chi connectivity index (χ1n) is 9.44. The Morgan fingerprint density at radius 1 is 1.09 bits per heavy atom. The monoisotopic (exact) mass is 567 g/mol. The number of hydrogen-bond acceptors (Lipinski definition) is 5. The lowest BCUT2D eigenvalue weighted by Gasteiger charge is -2.12. The van der Waals surface area contributed by atoms with Crippen molar-refractivity contribution in [1.82, 2.24) is 14.9 Å². The van der Waals surface area contributed by atoms with Gasteiger partial charge in [0.25, 0.3) is 0 Å². The van der Waals surface area contributed by atoms with Crippen molar-refractivity contribution in [2.24, 2.45) is 5.10 Å². The third kappa shape index (κ3) is 4.88. The van der Waals surface area contributed by atoms with Crippen molar-refractivity contribution in [3.8, 4) is 23.2 Å². The van der Waals surface area contributed by atoms with Gasteiger partial charge in [0.1, 0.15) is 12.4 Å². The van der Waals surface area contributed by atoms with Crippen LogP contribution < -0.4 is 4.74 Å². The van der Waals surface area contributed by atoms with Crippen LogP contribution in [0, 0.1) is 16.1 Å². The zero-order valence-corrected chi connectivity index (χ0v) is 20.5. The van der Waals surface area contributed by atoms with E-state index in [1.807, 2.05) is 60.7 Å². The van der Waals surface area contributed by atoms with Crippen LogP contribution in [0.2, 0.25) is 0 Å². The van der Waals surface area contributed by atoms with Crippen molar-refractivity contribution in [3.05, 3.63) is 97.1 Å². The molecule has 0 aliphatic heterocycles. The molecule has 0 saturated heterocycles. The van der Waals surface area contributed by atoms with Gasteiger partial charge in [-0.3, -0.25) is 0 Å². The Balaban J connectivity index is 1.57. The Morgan fingerprint density at radius 3 is 2.50 bits per heavy atom. The van der Waals surface area contributed by atoms with Crippen LogP contribution in [0.15, 0.2) is 80.8 Å². The minimum atomic E-state index is 0.277. The van der Waals surface area contributed by atoms with Crippen LogP contribution in [0.1, 0.15) is 16.7 Å². The lowest BCUT2D eigenvalue weighted by molar-refractivity contribution is 0.302. The van der Waals surface area contributed by atoms with Gasteiger partial charge in [-0.15, -0.1) is 0 Å². The number of nitriles is 1. The maximum Gasteiger partial charge on any atom is 0.216 e. The lowest BCUT2D eigenvalue weighted by Crippen LogP contribution is -2.00. The van der Waals surface area contributed by atoms with Crippen LogP contribution >= 0.6 is 44.1 Å². The Hall–Kier alpha value is -3.06. The summed E-state index contributed by atoms with van der Waals surface area (Å²) in [5.74, 6) is 1.26. The Labute approximate surface area is 206 Å². The van der Waals surface area contributed by atoms with Crippen molar-refractivity contribution in [1.29, 1.82) is 5.26 Å². The van der Waals surface area contributed by atoms with E-state index in [-0.39, 0.29) is 6.61 Å². The largest absolute Gasteiger partial charge is 0.486 e. The van der Waals surface area contributed by atoms with Crippen LogP contribution in [0.5, 0.6) is 5.75 Å². The number of rotatable bonds is 6. The van der Waals surface area contributed by atoms with Crippen molar-refractivity contribution >= 4 is 50.3 Å². The van der Waals surface area contributed by atoms with Crippen LogP contribution in [0.3, 0.4) is 0 Å². The molecule has 4 rings (SSSR count). The van der Waals surface area contributed by atoms with Crippen molar-refractivity contribution in [2.75, 3.05) is 0 Å². The second kappa shape index (κ2) is 10.0. The number of benzene rings is 3.